The molecule has 0 saturated carbocycles. The molecule has 176 valence electrons. The number of benzene rings is 1. The van der Waals surface area contributed by atoms with Crippen LogP contribution in [0.5, 0.6) is 0 Å². The maximum absolute atomic E-state index is 12.5. The summed E-state index contributed by atoms with van der Waals surface area (Å²) in [7, 11) is 0. The number of nitrogens with one attached hydrogen (secondary N) is 3. The topological polar surface area (TPSA) is 102 Å². The molecule has 0 radical (unpaired) electrons. The third kappa shape index (κ3) is 5.82. The predicted molar refractivity (Wildman–Crippen MR) is 127 cm³/mol. The van der Waals surface area contributed by atoms with Crippen LogP contribution in [0.1, 0.15) is 55.1 Å². The molecular formula is C25H32N4O4. The van der Waals surface area contributed by atoms with E-state index in [1.54, 1.807) is 0 Å². The lowest BCUT2D eigenvalue weighted by molar-refractivity contribution is -0.157. The van der Waals surface area contributed by atoms with Gasteiger partial charge in [-0.1, -0.05) is 12.1 Å². The standard InChI is InChI=1S/C25H32N4O4/c1-15-6-5-7-18(10-15)27-23-22-16(13-26-24(22)31)11-20(29-23)28-19-8-9-32-14-17(19)12-21(30)33-25(2,3)4/h5-7,10-11,17,19H,8-9,12-14H2,1-4H3,(H,26,31)(H2,27,28,29)/t17-,19+/m0/s1. The average Bonchev–Trinajstić information content (AvgIpc) is 3.09. The molecule has 33 heavy (non-hydrogen) atoms. The quantitative estimate of drug-likeness (QED) is 0.571. The number of fused-ring (bicyclic) bond motifs is 1. The molecule has 0 unspecified atom stereocenters. The fraction of sp³-hybridized carbons (Fsp3) is 0.480. The largest absolute Gasteiger partial charge is 0.460 e. The summed E-state index contributed by atoms with van der Waals surface area (Å²) in [5, 5.41) is 9.70. The first-order valence-corrected chi connectivity index (χ1v) is 11.4. The maximum atomic E-state index is 12.5. The number of nitrogens with zero attached hydrogens (tertiary/aromatic N) is 1. The van der Waals surface area contributed by atoms with E-state index in [1.807, 2.05) is 58.0 Å². The highest BCUT2D eigenvalue weighted by molar-refractivity contribution is 6.03. The number of esters is 1. The molecule has 8 nitrogen and oxygen atoms in total. The third-order valence-electron chi connectivity index (χ3n) is 5.70. The van der Waals surface area contributed by atoms with Crippen molar-refractivity contribution in [2.24, 2.45) is 5.92 Å². The molecule has 0 bridgehead atoms. The first-order chi connectivity index (χ1) is 15.7. The summed E-state index contributed by atoms with van der Waals surface area (Å²) in [4.78, 5) is 29.6. The van der Waals surface area contributed by atoms with Crippen molar-refractivity contribution >= 4 is 29.2 Å². The minimum absolute atomic E-state index is 0.00806. The predicted octanol–water partition coefficient (Wildman–Crippen LogP) is 3.93. The molecule has 3 heterocycles. The van der Waals surface area contributed by atoms with Gasteiger partial charge in [-0.2, -0.15) is 0 Å². The second-order valence-corrected chi connectivity index (χ2v) is 9.73. The highest BCUT2D eigenvalue weighted by Gasteiger charge is 2.31. The van der Waals surface area contributed by atoms with E-state index in [0.29, 0.717) is 37.0 Å². The molecule has 2 aromatic rings. The molecule has 1 amide bonds. The molecular weight excluding hydrogens is 420 g/mol. The second-order valence-electron chi connectivity index (χ2n) is 9.73. The van der Waals surface area contributed by atoms with E-state index in [1.165, 1.54) is 0 Å². The van der Waals surface area contributed by atoms with E-state index in [9.17, 15) is 9.59 Å². The monoisotopic (exact) mass is 452 g/mol. The van der Waals surface area contributed by atoms with Gasteiger partial charge in [-0.05, 0) is 63.4 Å². The van der Waals surface area contributed by atoms with Gasteiger partial charge in [-0.15, -0.1) is 0 Å². The Bertz CT molecular complexity index is 1050. The molecule has 0 aliphatic carbocycles. The van der Waals surface area contributed by atoms with E-state index < -0.39 is 5.60 Å². The van der Waals surface area contributed by atoms with E-state index >= 15 is 0 Å². The number of rotatable bonds is 6. The Morgan fingerprint density at radius 1 is 1.30 bits per heavy atom. The van der Waals surface area contributed by atoms with Crippen molar-refractivity contribution in [2.75, 3.05) is 23.8 Å². The van der Waals surface area contributed by atoms with Gasteiger partial charge in [0.25, 0.3) is 5.91 Å². The Labute approximate surface area is 194 Å². The number of hydrogen-bond acceptors (Lipinski definition) is 7. The Hall–Kier alpha value is -3.13. The number of pyridine rings is 1. The van der Waals surface area contributed by atoms with Gasteiger partial charge in [0, 0.05) is 30.8 Å². The van der Waals surface area contributed by atoms with Gasteiger partial charge < -0.3 is 25.4 Å². The van der Waals surface area contributed by atoms with Crippen molar-refractivity contribution in [3.05, 3.63) is 47.0 Å². The Morgan fingerprint density at radius 2 is 2.12 bits per heavy atom. The number of hydrogen-bond donors (Lipinski definition) is 3. The Morgan fingerprint density at radius 3 is 2.88 bits per heavy atom. The van der Waals surface area contributed by atoms with Crippen molar-refractivity contribution in [1.82, 2.24) is 10.3 Å². The van der Waals surface area contributed by atoms with Crippen LogP contribution in [0, 0.1) is 12.8 Å². The van der Waals surface area contributed by atoms with Crippen molar-refractivity contribution in [1.29, 1.82) is 0 Å². The SMILES string of the molecule is Cc1cccc(Nc2nc(N[C@@H]3CCOC[C@@H]3CC(=O)OC(C)(C)C)cc3c2C(=O)NC3)c1. The summed E-state index contributed by atoms with van der Waals surface area (Å²) < 4.78 is 11.2. The van der Waals surface area contributed by atoms with Gasteiger partial charge in [0.05, 0.1) is 18.6 Å². The second kappa shape index (κ2) is 9.39. The van der Waals surface area contributed by atoms with E-state index in [-0.39, 0.29) is 30.3 Å². The molecule has 2 atom stereocenters. The van der Waals surface area contributed by atoms with Crippen molar-refractivity contribution < 1.29 is 19.1 Å². The van der Waals surface area contributed by atoms with Gasteiger partial charge in [-0.3, -0.25) is 9.59 Å². The summed E-state index contributed by atoms with van der Waals surface area (Å²) >= 11 is 0. The molecule has 1 aromatic heterocycles. The van der Waals surface area contributed by atoms with E-state index in [2.05, 4.69) is 16.0 Å². The van der Waals surface area contributed by atoms with E-state index in [0.717, 1.165) is 23.2 Å². The van der Waals surface area contributed by atoms with Crippen LogP contribution in [0.15, 0.2) is 30.3 Å². The Balaban J connectivity index is 1.55. The number of amides is 1. The van der Waals surface area contributed by atoms with Crippen molar-refractivity contribution in [2.45, 2.75) is 58.7 Å². The lowest BCUT2D eigenvalue weighted by Crippen LogP contribution is -2.40. The minimum Gasteiger partial charge on any atom is -0.460 e. The van der Waals surface area contributed by atoms with Gasteiger partial charge >= 0.3 is 5.97 Å². The molecule has 4 rings (SSSR count). The van der Waals surface area contributed by atoms with Gasteiger partial charge in [0.2, 0.25) is 0 Å². The molecule has 2 aliphatic rings. The van der Waals surface area contributed by atoms with Crippen LogP contribution in [0.4, 0.5) is 17.3 Å². The van der Waals surface area contributed by atoms with Crippen LogP contribution in [-0.4, -0.2) is 41.7 Å². The molecule has 0 spiro atoms. The summed E-state index contributed by atoms with van der Waals surface area (Å²) in [6, 6.07) is 9.86. The summed E-state index contributed by atoms with van der Waals surface area (Å²) in [6.45, 7) is 9.17. The highest BCUT2D eigenvalue weighted by Crippen LogP contribution is 2.30. The molecule has 1 saturated heterocycles. The molecule has 1 fully saturated rings. The van der Waals surface area contributed by atoms with E-state index in [4.69, 9.17) is 14.5 Å². The minimum atomic E-state index is -0.521. The fourth-order valence-corrected chi connectivity index (χ4v) is 4.25. The Kier molecular flexibility index (Phi) is 6.56. The third-order valence-corrected chi connectivity index (χ3v) is 5.70. The zero-order valence-electron chi connectivity index (χ0n) is 19.7. The molecule has 1 aromatic carbocycles. The normalized spacial score (nSPS) is 20.1. The van der Waals surface area contributed by atoms with Crippen LogP contribution in [0.3, 0.4) is 0 Å². The summed E-state index contributed by atoms with van der Waals surface area (Å²) in [5.74, 6) is 0.792. The summed E-state index contributed by atoms with van der Waals surface area (Å²) in [6.07, 6.45) is 1.03. The number of carbonyl (C=O) groups excluding carboxylic acids is 2. The smallest absolute Gasteiger partial charge is 0.306 e. The van der Waals surface area contributed by atoms with Crippen LogP contribution in [0.2, 0.25) is 0 Å². The number of aromatic nitrogens is 1. The fourth-order valence-electron chi connectivity index (χ4n) is 4.25. The van der Waals surface area contributed by atoms with Gasteiger partial charge in [0.15, 0.2) is 0 Å². The highest BCUT2D eigenvalue weighted by atomic mass is 16.6. The maximum Gasteiger partial charge on any atom is 0.306 e. The summed E-state index contributed by atoms with van der Waals surface area (Å²) in [5.41, 5.74) is 2.92. The number of anilines is 3. The number of ether oxygens (including phenoxy) is 2. The zero-order chi connectivity index (χ0) is 23.6. The molecule has 8 heteroatoms. The van der Waals surface area contributed by atoms with Crippen molar-refractivity contribution in [3.63, 3.8) is 0 Å². The molecule has 3 N–H and O–H groups in total. The molecule has 2 aliphatic heterocycles. The van der Waals surface area contributed by atoms with Gasteiger partial charge in [0.1, 0.15) is 17.2 Å². The van der Waals surface area contributed by atoms with Gasteiger partial charge in [-0.25, -0.2) is 4.98 Å². The van der Waals surface area contributed by atoms with Crippen LogP contribution >= 0.6 is 0 Å². The van der Waals surface area contributed by atoms with Crippen LogP contribution < -0.4 is 16.0 Å². The first kappa shape index (κ1) is 23.0. The number of aryl methyl sites for hydroxylation is 1. The average molecular weight is 453 g/mol. The first-order valence-electron chi connectivity index (χ1n) is 11.4. The van der Waals surface area contributed by atoms with Crippen molar-refractivity contribution in [3.8, 4) is 0 Å². The zero-order valence-corrected chi connectivity index (χ0v) is 19.7. The lowest BCUT2D eigenvalue weighted by atomic mass is 9.92. The van der Waals surface area contributed by atoms with Crippen LogP contribution in [-0.2, 0) is 20.8 Å². The lowest BCUT2D eigenvalue weighted by Gasteiger charge is -2.33. The number of carbonyl (C=O) groups is 2. The van der Waals surface area contributed by atoms with Crippen LogP contribution in [0.25, 0.3) is 0 Å².